The molecule has 2 atom stereocenters. The minimum absolute atomic E-state index is 0.0509. The van der Waals surface area contributed by atoms with Crippen molar-refractivity contribution in [2.75, 3.05) is 69.7 Å². The number of likely N-dealkylation sites (N-methyl/N-ethyl adjacent to an activating group) is 2. The predicted molar refractivity (Wildman–Crippen MR) is 186 cm³/mol. The van der Waals surface area contributed by atoms with E-state index < -0.39 is 0 Å². The highest BCUT2D eigenvalue weighted by Crippen LogP contribution is 2.53. The minimum atomic E-state index is 0.0509. The quantitative estimate of drug-likeness (QED) is 0.214. The molecule has 0 saturated carbocycles. The fourth-order valence-corrected chi connectivity index (χ4v) is 7.95. The fraction of sp³-hybridized carbons (Fsp3) is 0.400. The van der Waals surface area contributed by atoms with Crippen LogP contribution >= 0.6 is 0 Å². The van der Waals surface area contributed by atoms with Gasteiger partial charge in [0.25, 0.3) is 0 Å². The van der Waals surface area contributed by atoms with Gasteiger partial charge in [-0.2, -0.15) is 0 Å². The van der Waals surface area contributed by atoms with Gasteiger partial charge >= 0.3 is 0 Å². The smallest absolute Gasteiger partial charge is 0.204 e. The molecule has 4 aliphatic rings. The van der Waals surface area contributed by atoms with E-state index >= 15 is 0 Å². The summed E-state index contributed by atoms with van der Waals surface area (Å²) in [5, 5.41) is 0. The number of methoxy groups -OCH3 is 4. The Labute approximate surface area is 284 Å². The molecule has 8 rings (SSSR count). The second kappa shape index (κ2) is 12.2. The van der Waals surface area contributed by atoms with Crippen LogP contribution in [0.25, 0.3) is 0 Å². The number of rotatable bonds is 4. The van der Waals surface area contributed by atoms with Crippen LogP contribution in [0.15, 0.2) is 60.7 Å². The molecule has 0 aromatic heterocycles. The van der Waals surface area contributed by atoms with E-state index in [1.165, 1.54) is 22.3 Å². The third kappa shape index (κ3) is 5.61. The molecule has 0 amide bonds. The van der Waals surface area contributed by atoms with Gasteiger partial charge in [0.15, 0.2) is 34.5 Å². The van der Waals surface area contributed by atoms with Gasteiger partial charge < -0.3 is 37.4 Å². The molecule has 4 heterocycles. The van der Waals surface area contributed by atoms with Crippen LogP contribution in [0.4, 0.5) is 0 Å². The lowest BCUT2D eigenvalue weighted by atomic mass is 9.85. The molecule has 0 aliphatic carbocycles. The first kappa shape index (κ1) is 32.2. The monoisotopic (exact) mass is 652 g/mol. The summed E-state index contributed by atoms with van der Waals surface area (Å²) in [5.41, 5.74) is 7.31. The molecule has 0 saturated heterocycles. The maximum Gasteiger partial charge on any atom is 0.204 e. The summed E-state index contributed by atoms with van der Waals surface area (Å²) in [6.45, 7) is 2.00. The molecular formula is C40H48N2O6+2. The number of benzene rings is 4. The zero-order chi connectivity index (χ0) is 33.8. The molecule has 0 radical (unpaired) electrons. The molecule has 0 spiro atoms. The standard InChI is InChI=1S/C40H48N2O6/c1-41(2)17-15-27-22-34(44-6)36-24-30(27)31(41)19-25-9-12-29(13-10-25)47-35-21-26(11-14-33(35)43-5)20-32-38-28(16-18-42(32,3)4)23-37(45-7)39(46-8)40(38)48-36/h9-14,21-24,31-32H,15-20H2,1-8H3/q+2. The van der Waals surface area contributed by atoms with Gasteiger partial charge in [-0.15, -0.1) is 0 Å². The lowest BCUT2D eigenvalue weighted by Gasteiger charge is -2.44. The first-order valence-electron chi connectivity index (χ1n) is 16.8. The molecule has 0 fully saturated rings. The van der Waals surface area contributed by atoms with E-state index in [1.54, 1.807) is 28.4 Å². The van der Waals surface area contributed by atoms with Crippen molar-refractivity contribution < 1.29 is 37.4 Å². The summed E-state index contributed by atoms with van der Waals surface area (Å²) in [6, 6.07) is 21.6. The van der Waals surface area contributed by atoms with E-state index in [4.69, 9.17) is 28.4 Å². The summed E-state index contributed by atoms with van der Waals surface area (Å²) in [5.74, 6) is 5.51. The third-order valence-electron chi connectivity index (χ3n) is 10.9. The Kier molecular flexibility index (Phi) is 8.20. The lowest BCUT2D eigenvalue weighted by molar-refractivity contribution is -0.923. The van der Waals surface area contributed by atoms with Crippen molar-refractivity contribution in [3.8, 4) is 46.0 Å². The molecule has 8 heteroatoms. The van der Waals surface area contributed by atoms with Crippen LogP contribution in [0.5, 0.6) is 46.0 Å². The van der Waals surface area contributed by atoms with Crippen LogP contribution in [0, 0.1) is 0 Å². The van der Waals surface area contributed by atoms with Gasteiger partial charge in [-0.05, 0) is 64.7 Å². The second-order valence-corrected chi connectivity index (χ2v) is 14.5. The van der Waals surface area contributed by atoms with Crippen LogP contribution in [0.2, 0.25) is 0 Å². The second-order valence-electron chi connectivity index (χ2n) is 14.5. The van der Waals surface area contributed by atoms with Gasteiger partial charge in [-0.25, -0.2) is 0 Å². The summed E-state index contributed by atoms with van der Waals surface area (Å²) in [4.78, 5) is 0. The number of fused-ring (bicyclic) bond motifs is 2. The Hall–Kier alpha value is -4.40. The molecule has 8 nitrogen and oxygen atoms in total. The summed E-state index contributed by atoms with van der Waals surface area (Å²) >= 11 is 0. The summed E-state index contributed by atoms with van der Waals surface area (Å²) in [7, 11) is 16.0. The Morgan fingerprint density at radius 2 is 1.19 bits per heavy atom. The van der Waals surface area contributed by atoms with Gasteiger partial charge in [0.1, 0.15) is 17.8 Å². The van der Waals surface area contributed by atoms with Crippen molar-refractivity contribution in [1.82, 2.24) is 0 Å². The van der Waals surface area contributed by atoms with Gasteiger partial charge in [-0.3, -0.25) is 0 Å². The Bertz CT molecular complexity index is 1850. The first-order chi connectivity index (χ1) is 23.0. The number of hydrogen-bond donors (Lipinski definition) is 0. The highest BCUT2D eigenvalue weighted by molar-refractivity contribution is 5.63. The third-order valence-corrected chi connectivity index (χ3v) is 10.9. The van der Waals surface area contributed by atoms with Gasteiger partial charge in [-0.1, -0.05) is 18.2 Å². The van der Waals surface area contributed by atoms with Crippen LogP contribution in [-0.2, 0) is 25.7 Å². The molecule has 4 aromatic rings. The van der Waals surface area contributed by atoms with Crippen molar-refractivity contribution in [3.05, 3.63) is 94.0 Å². The van der Waals surface area contributed by atoms with E-state index in [2.05, 4.69) is 82.8 Å². The topological polar surface area (TPSA) is 55.4 Å². The zero-order valence-electron chi connectivity index (χ0n) is 29.5. The highest BCUT2D eigenvalue weighted by atomic mass is 16.5. The van der Waals surface area contributed by atoms with Crippen molar-refractivity contribution in [2.45, 2.75) is 37.8 Å². The van der Waals surface area contributed by atoms with Crippen LogP contribution in [0.1, 0.15) is 45.5 Å². The average molecular weight is 653 g/mol. The van der Waals surface area contributed by atoms with Gasteiger partial charge in [0.05, 0.1) is 75.3 Å². The maximum atomic E-state index is 7.14. The van der Waals surface area contributed by atoms with E-state index in [0.717, 1.165) is 70.4 Å². The Balaban J connectivity index is 1.50. The SMILES string of the molecule is COc1ccc2cc1Oc1ccc(cc1)CC1c3cc(c(OC)cc3CC[N+]1(C)C)Oc1c(OC)c(OC)cc3c1C(C2)[N+](C)(C)CC3. The summed E-state index contributed by atoms with van der Waals surface area (Å²) < 4.78 is 39.1. The molecule has 6 bridgehead atoms. The van der Waals surface area contributed by atoms with Crippen molar-refractivity contribution in [2.24, 2.45) is 0 Å². The van der Waals surface area contributed by atoms with E-state index in [-0.39, 0.29) is 12.1 Å². The van der Waals surface area contributed by atoms with E-state index in [9.17, 15) is 0 Å². The number of quaternary nitrogens is 2. The number of nitrogens with zero attached hydrogens (tertiary/aromatic N) is 2. The van der Waals surface area contributed by atoms with Crippen molar-refractivity contribution >= 4 is 0 Å². The largest absolute Gasteiger partial charge is 0.493 e. The lowest BCUT2D eigenvalue weighted by Crippen LogP contribution is -2.49. The molecule has 4 aliphatic heterocycles. The molecule has 2 unspecified atom stereocenters. The normalized spacial score (nSPS) is 20.2. The van der Waals surface area contributed by atoms with Gasteiger partial charge in [0.2, 0.25) is 5.75 Å². The van der Waals surface area contributed by atoms with E-state index in [0.29, 0.717) is 34.5 Å². The Morgan fingerprint density at radius 1 is 0.583 bits per heavy atom. The van der Waals surface area contributed by atoms with E-state index in [1.807, 2.05) is 6.07 Å². The molecule has 0 N–H and O–H groups in total. The van der Waals surface area contributed by atoms with Crippen molar-refractivity contribution in [1.29, 1.82) is 0 Å². The maximum absolute atomic E-state index is 7.14. The zero-order valence-corrected chi connectivity index (χ0v) is 29.5. The predicted octanol–water partition coefficient (Wildman–Crippen LogP) is 7.45. The first-order valence-corrected chi connectivity index (χ1v) is 16.8. The molecule has 4 aromatic carbocycles. The minimum Gasteiger partial charge on any atom is -0.493 e. The van der Waals surface area contributed by atoms with Crippen LogP contribution < -0.4 is 28.4 Å². The number of ether oxygens (including phenoxy) is 6. The van der Waals surface area contributed by atoms with Crippen LogP contribution in [-0.4, -0.2) is 78.7 Å². The molecular weight excluding hydrogens is 604 g/mol. The number of hydrogen-bond acceptors (Lipinski definition) is 6. The molecule has 252 valence electrons. The Morgan fingerprint density at radius 3 is 1.88 bits per heavy atom. The fourth-order valence-electron chi connectivity index (χ4n) is 7.95. The molecule has 48 heavy (non-hydrogen) atoms. The average Bonchev–Trinajstić information content (AvgIpc) is 3.07. The van der Waals surface area contributed by atoms with Crippen molar-refractivity contribution in [3.63, 3.8) is 0 Å². The van der Waals surface area contributed by atoms with Gasteiger partial charge in [0, 0.05) is 31.2 Å². The summed E-state index contributed by atoms with van der Waals surface area (Å²) in [6.07, 6.45) is 3.47. The highest BCUT2D eigenvalue weighted by Gasteiger charge is 2.42. The van der Waals surface area contributed by atoms with Crippen LogP contribution in [0.3, 0.4) is 0 Å².